The van der Waals surface area contributed by atoms with Gasteiger partial charge in [0, 0.05) is 17.3 Å². The Morgan fingerprint density at radius 1 is 1.05 bits per heavy atom. The van der Waals surface area contributed by atoms with Crippen LogP contribution in [0.2, 0.25) is 15.1 Å². The fraction of sp³-hybridized carbons (Fsp3) is 0.200. The molecule has 0 fully saturated rings. The molecule has 0 amide bonds. The smallest absolute Gasteiger partial charge is 0.156 e. The first-order chi connectivity index (χ1) is 9.51. The third kappa shape index (κ3) is 3.51. The Kier molecular flexibility index (Phi) is 5.03. The Bertz CT molecular complexity index is 606. The van der Waals surface area contributed by atoms with Crippen LogP contribution < -0.4 is 10.1 Å². The minimum Gasteiger partial charge on any atom is -0.494 e. The maximum absolute atomic E-state index is 6.11. The van der Waals surface area contributed by atoms with Crippen molar-refractivity contribution in [2.75, 3.05) is 12.4 Å². The zero-order valence-electron chi connectivity index (χ0n) is 11.1. The van der Waals surface area contributed by atoms with Crippen LogP contribution in [0.25, 0.3) is 0 Å². The third-order valence-corrected chi connectivity index (χ3v) is 3.74. The number of benzene rings is 2. The molecule has 0 spiro atoms. The summed E-state index contributed by atoms with van der Waals surface area (Å²) in [5, 5.41) is 5.02. The lowest BCUT2D eigenvalue weighted by Gasteiger charge is -2.12. The average molecular weight is 331 g/mol. The molecule has 2 aromatic carbocycles. The van der Waals surface area contributed by atoms with Crippen molar-refractivity contribution < 1.29 is 4.74 Å². The number of aryl methyl sites for hydroxylation is 1. The van der Waals surface area contributed by atoms with Gasteiger partial charge in [0.15, 0.2) is 5.75 Å². The van der Waals surface area contributed by atoms with Crippen molar-refractivity contribution >= 4 is 40.5 Å². The summed E-state index contributed by atoms with van der Waals surface area (Å²) in [6.07, 6.45) is 0. The number of halogens is 3. The molecule has 106 valence electrons. The van der Waals surface area contributed by atoms with Gasteiger partial charge in [0.25, 0.3) is 0 Å². The summed E-state index contributed by atoms with van der Waals surface area (Å²) >= 11 is 18.2. The normalized spacial score (nSPS) is 10.4. The largest absolute Gasteiger partial charge is 0.494 e. The van der Waals surface area contributed by atoms with Crippen LogP contribution in [0.1, 0.15) is 11.1 Å². The molecule has 0 atom stereocenters. The van der Waals surface area contributed by atoms with Gasteiger partial charge in [-0.25, -0.2) is 0 Å². The zero-order chi connectivity index (χ0) is 14.7. The molecule has 0 bridgehead atoms. The quantitative estimate of drug-likeness (QED) is 0.790. The van der Waals surface area contributed by atoms with E-state index in [1.165, 1.54) is 0 Å². The van der Waals surface area contributed by atoms with Gasteiger partial charge in [0.05, 0.1) is 17.2 Å². The summed E-state index contributed by atoms with van der Waals surface area (Å²) in [5.41, 5.74) is 3.08. The van der Waals surface area contributed by atoms with Crippen LogP contribution in [-0.4, -0.2) is 7.11 Å². The molecule has 0 aromatic heterocycles. The monoisotopic (exact) mass is 329 g/mol. The molecular weight excluding hydrogens is 317 g/mol. The van der Waals surface area contributed by atoms with E-state index in [1.54, 1.807) is 7.11 Å². The van der Waals surface area contributed by atoms with E-state index in [0.29, 0.717) is 27.4 Å². The van der Waals surface area contributed by atoms with Gasteiger partial charge >= 0.3 is 0 Å². The molecule has 0 aliphatic heterocycles. The molecule has 0 radical (unpaired) electrons. The predicted octanol–water partition coefficient (Wildman–Crippen LogP) is 5.58. The highest BCUT2D eigenvalue weighted by molar-refractivity contribution is 6.37. The summed E-state index contributed by atoms with van der Waals surface area (Å²) < 4.78 is 5.13. The van der Waals surface area contributed by atoms with E-state index >= 15 is 0 Å². The Morgan fingerprint density at radius 3 is 2.30 bits per heavy atom. The SMILES string of the molecule is COc1c(Cl)cc(CNc2cc(Cl)ccc2C)cc1Cl. The van der Waals surface area contributed by atoms with Crippen molar-refractivity contribution in [3.05, 3.63) is 56.5 Å². The van der Waals surface area contributed by atoms with Crippen LogP contribution in [0.5, 0.6) is 5.75 Å². The Labute approximate surface area is 133 Å². The minimum atomic E-state index is 0.496. The molecule has 2 aromatic rings. The predicted molar refractivity (Wildman–Crippen MR) is 86.5 cm³/mol. The number of rotatable bonds is 4. The number of methoxy groups -OCH3 is 1. The van der Waals surface area contributed by atoms with Crippen LogP contribution in [0.15, 0.2) is 30.3 Å². The fourth-order valence-corrected chi connectivity index (χ4v) is 2.75. The van der Waals surface area contributed by atoms with Gasteiger partial charge in [-0.05, 0) is 42.3 Å². The van der Waals surface area contributed by atoms with E-state index in [1.807, 2.05) is 37.3 Å². The van der Waals surface area contributed by atoms with Crippen LogP contribution >= 0.6 is 34.8 Å². The molecule has 0 saturated heterocycles. The molecule has 0 heterocycles. The first kappa shape index (κ1) is 15.3. The second kappa shape index (κ2) is 6.57. The Morgan fingerprint density at radius 2 is 1.70 bits per heavy atom. The van der Waals surface area contributed by atoms with Gasteiger partial charge in [-0.2, -0.15) is 0 Å². The maximum atomic E-state index is 6.11. The van der Waals surface area contributed by atoms with Gasteiger partial charge in [-0.3, -0.25) is 0 Å². The summed E-state index contributed by atoms with van der Waals surface area (Å²) in [4.78, 5) is 0. The summed E-state index contributed by atoms with van der Waals surface area (Å²) in [6.45, 7) is 2.62. The summed E-state index contributed by atoms with van der Waals surface area (Å²) in [5.74, 6) is 0.496. The highest BCUT2D eigenvalue weighted by Gasteiger charge is 2.08. The van der Waals surface area contributed by atoms with Gasteiger partial charge in [0.2, 0.25) is 0 Å². The molecule has 20 heavy (non-hydrogen) atoms. The molecule has 2 rings (SSSR count). The second-order valence-corrected chi connectivity index (χ2v) is 5.66. The van der Waals surface area contributed by atoms with Crippen LogP contribution in [0.4, 0.5) is 5.69 Å². The lowest BCUT2D eigenvalue weighted by atomic mass is 10.1. The van der Waals surface area contributed by atoms with Crippen molar-refractivity contribution in [3.63, 3.8) is 0 Å². The highest BCUT2D eigenvalue weighted by Crippen LogP contribution is 2.34. The van der Waals surface area contributed by atoms with E-state index in [9.17, 15) is 0 Å². The molecule has 5 heteroatoms. The minimum absolute atomic E-state index is 0.496. The third-order valence-electron chi connectivity index (χ3n) is 2.94. The fourth-order valence-electron chi connectivity index (χ4n) is 1.89. The number of anilines is 1. The number of ether oxygens (including phenoxy) is 1. The zero-order valence-corrected chi connectivity index (χ0v) is 13.4. The standard InChI is InChI=1S/C15H14Cl3NO/c1-9-3-4-11(16)7-14(9)19-8-10-5-12(17)15(20-2)13(18)6-10/h3-7,19H,8H2,1-2H3. The van der Waals surface area contributed by atoms with E-state index in [4.69, 9.17) is 39.5 Å². The van der Waals surface area contributed by atoms with Crippen molar-refractivity contribution in [2.24, 2.45) is 0 Å². The van der Waals surface area contributed by atoms with Crippen LogP contribution in [0, 0.1) is 6.92 Å². The molecule has 0 aliphatic rings. The molecular formula is C15H14Cl3NO. The molecule has 2 nitrogen and oxygen atoms in total. The molecule has 0 aliphatic carbocycles. The number of hydrogen-bond donors (Lipinski definition) is 1. The summed E-state index contributed by atoms with van der Waals surface area (Å²) in [6, 6.07) is 9.39. The van der Waals surface area contributed by atoms with E-state index in [-0.39, 0.29) is 0 Å². The average Bonchev–Trinajstić information content (AvgIpc) is 2.39. The second-order valence-electron chi connectivity index (χ2n) is 4.41. The maximum Gasteiger partial charge on any atom is 0.156 e. The number of hydrogen-bond acceptors (Lipinski definition) is 2. The number of nitrogens with one attached hydrogen (secondary N) is 1. The van der Waals surface area contributed by atoms with E-state index < -0.39 is 0 Å². The van der Waals surface area contributed by atoms with Crippen molar-refractivity contribution in [1.29, 1.82) is 0 Å². The first-order valence-electron chi connectivity index (χ1n) is 6.03. The molecule has 0 saturated carbocycles. The molecule has 1 N–H and O–H groups in total. The van der Waals surface area contributed by atoms with Crippen molar-refractivity contribution in [3.8, 4) is 5.75 Å². The van der Waals surface area contributed by atoms with Crippen LogP contribution in [0.3, 0.4) is 0 Å². The van der Waals surface area contributed by atoms with Gasteiger partial charge in [-0.15, -0.1) is 0 Å². The lowest BCUT2D eigenvalue weighted by Crippen LogP contribution is -2.01. The van der Waals surface area contributed by atoms with Gasteiger partial charge < -0.3 is 10.1 Å². The highest BCUT2D eigenvalue weighted by atomic mass is 35.5. The van der Waals surface area contributed by atoms with Gasteiger partial charge in [0.1, 0.15) is 0 Å². The van der Waals surface area contributed by atoms with Crippen molar-refractivity contribution in [2.45, 2.75) is 13.5 Å². The first-order valence-corrected chi connectivity index (χ1v) is 7.16. The van der Waals surface area contributed by atoms with Crippen LogP contribution in [-0.2, 0) is 6.54 Å². The molecule has 0 unspecified atom stereocenters. The Hall–Kier alpha value is -1.09. The van der Waals surface area contributed by atoms with E-state index in [0.717, 1.165) is 16.8 Å². The topological polar surface area (TPSA) is 21.3 Å². The Balaban J connectivity index is 2.17. The van der Waals surface area contributed by atoms with Gasteiger partial charge in [-0.1, -0.05) is 40.9 Å². The van der Waals surface area contributed by atoms with Crippen molar-refractivity contribution in [1.82, 2.24) is 0 Å². The lowest BCUT2D eigenvalue weighted by molar-refractivity contribution is 0.415. The summed E-state index contributed by atoms with van der Waals surface area (Å²) in [7, 11) is 1.54. The van der Waals surface area contributed by atoms with E-state index in [2.05, 4.69) is 5.32 Å².